The van der Waals surface area contributed by atoms with Crippen LogP contribution in [0, 0.1) is 0 Å². The van der Waals surface area contributed by atoms with Gasteiger partial charge in [0.1, 0.15) is 11.5 Å². The number of hydrogen-bond donors (Lipinski definition) is 0. The molecule has 4 rings (SSSR count). The molecule has 0 saturated carbocycles. The van der Waals surface area contributed by atoms with Crippen molar-refractivity contribution < 1.29 is 14.3 Å². The fourth-order valence-corrected chi connectivity index (χ4v) is 3.89. The van der Waals surface area contributed by atoms with Crippen molar-refractivity contribution >= 4 is 11.9 Å². The predicted octanol–water partition coefficient (Wildman–Crippen LogP) is 3.61. The van der Waals surface area contributed by atoms with Crippen LogP contribution < -0.4 is 14.4 Å². The molecule has 166 valence electrons. The minimum Gasteiger partial charge on any atom is -0.497 e. The highest BCUT2D eigenvalue weighted by Crippen LogP contribution is 2.35. The molecular formula is C25H28N4O3. The number of carbonyl (C=O) groups excluding carboxylic acids is 1. The van der Waals surface area contributed by atoms with E-state index in [-0.39, 0.29) is 18.4 Å². The van der Waals surface area contributed by atoms with Crippen molar-refractivity contribution in [2.75, 3.05) is 45.8 Å². The number of rotatable bonds is 7. The van der Waals surface area contributed by atoms with Crippen molar-refractivity contribution in [3.8, 4) is 22.6 Å². The topological polar surface area (TPSA) is 67.8 Å². The largest absolute Gasteiger partial charge is 0.497 e. The zero-order valence-electron chi connectivity index (χ0n) is 18.7. The summed E-state index contributed by atoms with van der Waals surface area (Å²) in [4.78, 5) is 25.9. The van der Waals surface area contributed by atoms with E-state index in [4.69, 9.17) is 14.5 Å². The van der Waals surface area contributed by atoms with Gasteiger partial charge in [0.05, 0.1) is 12.8 Å². The van der Waals surface area contributed by atoms with Gasteiger partial charge in [-0.3, -0.25) is 4.79 Å². The molecule has 0 bridgehead atoms. The fraction of sp³-hybridized carbons (Fsp3) is 0.320. The van der Waals surface area contributed by atoms with Gasteiger partial charge < -0.3 is 19.3 Å². The lowest BCUT2D eigenvalue weighted by atomic mass is 9.96. The Bertz CT molecular complexity index is 1070. The quantitative estimate of drug-likeness (QED) is 0.568. The van der Waals surface area contributed by atoms with Crippen LogP contribution in [0.3, 0.4) is 0 Å². The zero-order chi connectivity index (χ0) is 22.5. The SMILES string of the molecule is COc1cccc(-c2cnc(N(C)C)nc2[C@H]2CCN(C(=O)COc3ccccc3)C2)c1. The zero-order valence-corrected chi connectivity index (χ0v) is 18.7. The molecule has 1 fully saturated rings. The average molecular weight is 433 g/mol. The second-order valence-corrected chi connectivity index (χ2v) is 8.02. The molecule has 1 saturated heterocycles. The third-order valence-corrected chi connectivity index (χ3v) is 5.62. The van der Waals surface area contributed by atoms with Crippen molar-refractivity contribution in [2.24, 2.45) is 0 Å². The summed E-state index contributed by atoms with van der Waals surface area (Å²) in [7, 11) is 5.51. The summed E-state index contributed by atoms with van der Waals surface area (Å²) in [5, 5.41) is 0. The van der Waals surface area contributed by atoms with Gasteiger partial charge in [-0.25, -0.2) is 9.97 Å². The highest BCUT2D eigenvalue weighted by Gasteiger charge is 2.31. The molecule has 1 aliphatic heterocycles. The maximum atomic E-state index is 12.8. The van der Waals surface area contributed by atoms with E-state index in [0.717, 1.165) is 29.0 Å². The van der Waals surface area contributed by atoms with Crippen LogP contribution in [-0.4, -0.2) is 61.7 Å². The molecule has 0 radical (unpaired) electrons. The van der Waals surface area contributed by atoms with Crippen molar-refractivity contribution in [1.29, 1.82) is 0 Å². The first-order valence-corrected chi connectivity index (χ1v) is 10.7. The van der Waals surface area contributed by atoms with Gasteiger partial charge in [0, 0.05) is 44.9 Å². The Labute approximate surface area is 188 Å². The molecule has 1 atom stereocenters. The van der Waals surface area contributed by atoms with E-state index in [2.05, 4.69) is 4.98 Å². The van der Waals surface area contributed by atoms with Crippen molar-refractivity contribution in [3.63, 3.8) is 0 Å². The highest BCUT2D eigenvalue weighted by molar-refractivity contribution is 5.78. The average Bonchev–Trinajstić information content (AvgIpc) is 3.33. The monoisotopic (exact) mass is 432 g/mol. The van der Waals surface area contributed by atoms with Gasteiger partial charge in [0.15, 0.2) is 6.61 Å². The normalized spacial score (nSPS) is 15.5. The summed E-state index contributed by atoms with van der Waals surface area (Å²) in [6, 6.07) is 17.3. The van der Waals surface area contributed by atoms with E-state index < -0.39 is 0 Å². The van der Waals surface area contributed by atoms with Gasteiger partial charge in [-0.1, -0.05) is 30.3 Å². The molecule has 1 aliphatic rings. The summed E-state index contributed by atoms with van der Waals surface area (Å²) in [6.45, 7) is 1.32. The molecule has 0 unspecified atom stereocenters. The number of amides is 1. The Kier molecular flexibility index (Phi) is 6.54. The second kappa shape index (κ2) is 9.68. The van der Waals surface area contributed by atoms with E-state index >= 15 is 0 Å². The van der Waals surface area contributed by atoms with Gasteiger partial charge in [0.2, 0.25) is 5.95 Å². The number of para-hydroxylation sites is 1. The lowest BCUT2D eigenvalue weighted by Gasteiger charge is -2.20. The number of nitrogens with zero attached hydrogens (tertiary/aromatic N) is 4. The molecule has 7 nitrogen and oxygen atoms in total. The Hall–Kier alpha value is -3.61. The minimum absolute atomic E-state index is 0.0128. The van der Waals surface area contributed by atoms with E-state index in [9.17, 15) is 4.79 Å². The van der Waals surface area contributed by atoms with E-state index in [1.54, 1.807) is 7.11 Å². The molecule has 32 heavy (non-hydrogen) atoms. The van der Waals surface area contributed by atoms with Crippen LogP contribution in [0.25, 0.3) is 11.1 Å². The Balaban J connectivity index is 1.54. The lowest BCUT2D eigenvalue weighted by molar-refractivity contribution is -0.132. The molecular weight excluding hydrogens is 404 g/mol. The smallest absolute Gasteiger partial charge is 0.260 e. The molecule has 0 aliphatic carbocycles. The van der Waals surface area contributed by atoms with Gasteiger partial charge in [-0.2, -0.15) is 0 Å². The molecule has 3 aromatic rings. The van der Waals surface area contributed by atoms with Crippen LogP contribution in [-0.2, 0) is 4.79 Å². The number of hydrogen-bond acceptors (Lipinski definition) is 6. The van der Waals surface area contributed by atoms with Gasteiger partial charge >= 0.3 is 0 Å². The minimum atomic E-state index is -0.0128. The van der Waals surface area contributed by atoms with Crippen LogP contribution in [0.1, 0.15) is 18.0 Å². The number of anilines is 1. The van der Waals surface area contributed by atoms with Crippen molar-refractivity contribution in [1.82, 2.24) is 14.9 Å². The first-order chi connectivity index (χ1) is 15.5. The van der Waals surface area contributed by atoms with Gasteiger partial charge in [-0.05, 0) is 36.2 Å². The van der Waals surface area contributed by atoms with Crippen LogP contribution in [0.2, 0.25) is 0 Å². The van der Waals surface area contributed by atoms with Crippen LogP contribution >= 0.6 is 0 Å². The Morgan fingerprint density at radius 2 is 1.91 bits per heavy atom. The summed E-state index contributed by atoms with van der Waals surface area (Å²) >= 11 is 0. The number of methoxy groups -OCH3 is 1. The maximum Gasteiger partial charge on any atom is 0.260 e. The maximum absolute atomic E-state index is 12.8. The lowest BCUT2D eigenvalue weighted by Crippen LogP contribution is -2.33. The van der Waals surface area contributed by atoms with Gasteiger partial charge in [0.25, 0.3) is 5.91 Å². The van der Waals surface area contributed by atoms with E-state index in [1.807, 2.05) is 84.7 Å². The van der Waals surface area contributed by atoms with E-state index in [1.165, 1.54) is 0 Å². The number of ether oxygens (including phenoxy) is 2. The summed E-state index contributed by atoms with van der Waals surface area (Å²) in [5.41, 5.74) is 2.92. The summed E-state index contributed by atoms with van der Waals surface area (Å²) in [6.07, 6.45) is 2.72. The molecule has 1 aromatic heterocycles. The molecule has 0 N–H and O–H groups in total. The van der Waals surface area contributed by atoms with Crippen molar-refractivity contribution in [2.45, 2.75) is 12.3 Å². The summed E-state index contributed by atoms with van der Waals surface area (Å²) < 4.78 is 11.1. The van der Waals surface area contributed by atoms with Crippen LogP contribution in [0.4, 0.5) is 5.95 Å². The fourth-order valence-electron chi connectivity index (χ4n) is 3.89. The molecule has 2 aromatic carbocycles. The molecule has 2 heterocycles. The number of benzene rings is 2. The number of likely N-dealkylation sites (tertiary alicyclic amines) is 1. The third-order valence-electron chi connectivity index (χ3n) is 5.62. The summed E-state index contributed by atoms with van der Waals surface area (Å²) in [5.74, 6) is 2.25. The van der Waals surface area contributed by atoms with Crippen LogP contribution in [0.5, 0.6) is 11.5 Å². The number of aromatic nitrogens is 2. The highest BCUT2D eigenvalue weighted by atomic mass is 16.5. The molecule has 1 amide bonds. The second-order valence-electron chi connectivity index (χ2n) is 8.02. The van der Waals surface area contributed by atoms with E-state index in [0.29, 0.717) is 24.8 Å². The van der Waals surface area contributed by atoms with Crippen molar-refractivity contribution in [3.05, 3.63) is 66.5 Å². The third kappa shape index (κ3) is 4.82. The van der Waals surface area contributed by atoms with Crippen LogP contribution in [0.15, 0.2) is 60.8 Å². The first-order valence-electron chi connectivity index (χ1n) is 10.7. The number of carbonyl (C=O) groups is 1. The standard InChI is InChI=1S/C25H28N4O3/c1-28(2)25-26-15-22(18-8-7-11-21(14-18)31-3)24(27-25)19-12-13-29(16-19)23(30)17-32-20-9-5-4-6-10-20/h4-11,14-15,19H,12-13,16-17H2,1-3H3/t19-/m0/s1. The predicted molar refractivity (Wildman–Crippen MR) is 124 cm³/mol. The Morgan fingerprint density at radius 3 is 2.66 bits per heavy atom. The van der Waals surface area contributed by atoms with Gasteiger partial charge in [-0.15, -0.1) is 0 Å². The molecule has 7 heteroatoms. The first kappa shape index (κ1) is 21.6. The molecule has 0 spiro atoms. The Morgan fingerprint density at radius 1 is 1.12 bits per heavy atom.